The quantitative estimate of drug-likeness (QED) is 0.581. The Morgan fingerprint density at radius 1 is 1.16 bits per heavy atom. The molecule has 164 valence electrons. The van der Waals surface area contributed by atoms with Crippen LogP contribution in [0.1, 0.15) is 66.9 Å². The second kappa shape index (κ2) is 11.0. The molecule has 1 aliphatic rings. The van der Waals surface area contributed by atoms with Gasteiger partial charge in [-0.1, -0.05) is 42.0 Å². The lowest BCUT2D eigenvalue weighted by molar-refractivity contribution is -0.119. The van der Waals surface area contributed by atoms with Crippen molar-refractivity contribution in [1.29, 1.82) is 0 Å². The number of aromatic hydroxyl groups is 1. The number of hydrogen-bond acceptors (Lipinski definition) is 5. The van der Waals surface area contributed by atoms with Crippen LogP contribution in [0.25, 0.3) is 6.08 Å². The van der Waals surface area contributed by atoms with Gasteiger partial charge in [0.05, 0.1) is 6.10 Å². The van der Waals surface area contributed by atoms with Crippen LogP contribution < -0.4 is 4.74 Å². The number of hydrogen-bond donors (Lipinski definition) is 1. The number of ketones is 1. The summed E-state index contributed by atoms with van der Waals surface area (Å²) in [5.41, 5.74) is 1.44. The standard InChI is InChI=1S/C25H27ClO5/c1-17-8-7-12-20(27)11-4-2-3-9-18-14-21(15-23(28)24(18)25(29)31-17)30-16-19-10-5-6-13-22(19)26/h3,5-6,9-10,13-15,17,28H,2,4,7-8,11-12,16H2,1H3/b9-3+/t17-/m0/s1. The Balaban J connectivity index is 1.86. The maximum atomic E-state index is 12.8. The Morgan fingerprint density at radius 3 is 2.74 bits per heavy atom. The predicted octanol–water partition coefficient (Wildman–Crippen LogP) is 6.11. The van der Waals surface area contributed by atoms with Crippen molar-refractivity contribution in [3.8, 4) is 11.5 Å². The summed E-state index contributed by atoms with van der Waals surface area (Å²) >= 11 is 6.18. The molecule has 0 unspecified atom stereocenters. The Kier molecular flexibility index (Phi) is 8.13. The van der Waals surface area contributed by atoms with Crippen LogP contribution in [0.4, 0.5) is 0 Å². The first-order valence-electron chi connectivity index (χ1n) is 10.6. The van der Waals surface area contributed by atoms with Gasteiger partial charge in [-0.05, 0) is 50.3 Å². The van der Waals surface area contributed by atoms with Crippen molar-refractivity contribution in [2.45, 2.75) is 58.2 Å². The van der Waals surface area contributed by atoms with Gasteiger partial charge in [0.25, 0.3) is 0 Å². The number of allylic oxidation sites excluding steroid dienone is 1. The summed E-state index contributed by atoms with van der Waals surface area (Å²) in [4.78, 5) is 24.7. The van der Waals surface area contributed by atoms with Gasteiger partial charge in [-0.3, -0.25) is 4.79 Å². The fourth-order valence-corrected chi connectivity index (χ4v) is 3.67. The van der Waals surface area contributed by atoms with E-state index in [1.54, 1.807) is 25.1 Å². The molecule has 31 heavy (non-hydrogen) atoms. The molecule has 1 atom stereocenters. The molecular weight excluding hydrogens is 416 g/mol. The van der Waals surface area contributed by atoms with E-state index < -0.39 is 5.97 Å². The lowest BCUT2D eigenvalue weighted by atomic mass is 10.0. The lowest BCUT2D eigenvalue weighted by Gasteiger charge is -2.16. The first kappa shape index (κ1) is 22.9. The van der Waals surface area contributed by atoms with Gasteiger partial charge in [0.15, 0.2) is 0 Å². The molecule has 2 aromatic rings. The van der Waals surface area contributed by atoms with Crippen LogP contribution in [-0.4, -0.2) is 23.0 Å². The van der Waals surface area contributed by atoms with Gasteiger partial charge >= 0.3 is 5.97 Å². The van der Waals surface area contributed by atoms with Gasteiger partial charge in [-0.2, -0.15) is 0 Å². The van der Waals surface area contributed by atoms with E-state index in [2.05, 4.69) is 0 Å². The molecule has 1 N–H and O–H groups in total. The van der Waals surface area contributed by atoms with Crippen molar-refractivity contribution in [3.63, 3.8) is 0 Å². The minimum atomic E-state index is -0.592. The topological polar surface area (TPSA) is 72.8 Å². The van der Waals surface area contributed by atoms with Crippen molar-refractivity contribution in [1.82, 2.24) is 0 Å². The lowest BCUT2D eigenvalue weighted by Crippen LogP contribution is -2.17. The molecule has 0 fully saturated rings. The van der Waals surface area contributed by atoms with E-state index in [1.807, 2.05) is 24.3 Å². The van der Waals surface area contributed by atoms with Gasteiger partial charge < -0.3 is 14.6 Å². The van der Waals surface area contributed by atoms with Crippen LogP contribution in [0, 0.1) is 0 Å². The van der Waals surface area contributed by atoms with Gasteiger partial charge in [0.2, 0.25) is 0 Å². The van der Waals surface area contributed by atoms with Crippen molar-refractivity contribution in [3.05, 3.63) is 64.2 Å². The summed E-state index contributed by atoms with van der Waals surface area (Å²) in [6.45, 7) is 2.02. The summed E-state index contributed by atoms with van der Waals surface area (Å²) in [6, 6.07) is 10.5. The summed E-state index contributed by atoms with van der Waals surface area (Å²) in [6.07, 6.45) is 7.07. The minimum Gasteiger partial charge on any atom is -0.507 e. The van der Waals surface area contributed by atoms with E-state index >= 15 is 0 Å². The highest BCUT2D eigenvalue weighted by Gasteiger charge is 2.21. The third-order valence-corrected chi connectivity index (χ3v) is 5.54. The van der Waals surface area contributed by atoms with E-state index in [1.165, 1.54) is 6.07 Å². The predicted molar refractivity (Wildman–Crippen MR) is 121 cm³/mol. The molecule has 3 rings (SSSR count). The number of benzene rings is 2. The van der Waals surface area contributed by atoms with Crippen LogP contribution in [-0.2, 0) is 16.1 Å². The van der Waals surface area contributed by atoms with Crippen molar-refractivity contribution < 1.29 is 24.2 Å². The number of fused-ring (bicyclic) bond motifs is 1. The highest BCUT2D eigenvalue weighted by Crippen LogP contribution is 2.31. The highest BCUT2D eigenvalue weighted by molar-refractivity contribution is 6.31. The SMILES string of the molecule is C[C@H]1CCCC(=O)CCC/C=C/c2cc(OCc3ccccc3Cl)cc(O)c2C(=O)O1. The van der Waals surface area contributed by atoms with E-state index in [0.717, 1.165) is 12.0 Å². The zero-order valence-corrected chi connectivity index (χ0v) is 18.4. The molecule has 5 nitrogen and oxygen atoms in total. The zero-order valence-electron chi connectivity index (χ0n) is 17.6. The maximum Gasteiger partial charge on any atom is 0.342 e. The normalized spacial score (nSPS) is 19.1. The first-order valence-corrected chi connectivity index (χ1v) is 10.9. The Morgan fingerprint density at radius 2 is 1.94 bits per heavy atom. The number of phenolic OH excluding ortho intramolecular Hbond substituents is 1. The molecule has 1 aliphatic heterocycles. The molecule has 0 spiro atoms. The smallest absolute Gasteiger partial charge is 0.342 e. The summed E-state index contributed by atoms with van der Waals surface area (Å²) in [5, 5.41) is 11.2. The molecule has 0 aliphatic carbocycles. The number of ether oxygens (including phenoxy) is 2. The van der Waals surface area contributed by atoms with Gasteiger partial charge in [0.1, 0.15) is 29.5 Å². The maximum absolute atomic E-state index is 12.8. The number of Topliss-reactive ketones (excluding diaryl/α,β-unsaturated/α-hetero) is 1. The fourth-order valence-electron chi connectivity index (χ4n) is 3.48. The number of phenols is 1. The van der Waals surface area contributed by atoms with Gasteiger partial charge in [-0.15, -0.1) is 0 Å². The fraction of sp³-hybridized carbons (Fsp3) is 0.360. The van der Waals surface area contributed by atoms with Crippen molar-refractivity contribution in [2.24, 2.45) is 0 Å². The number of carbonyl (C=O) groups is 2. The molecule has 2 aromatic carbocycles. The zero-order chi connectivity index (χ0) is 22.2. The third-order valence-electron chi connectivity index (χ3n) is 5.18. The highest BCUT2D eigenvalue weighted by atomic mass is 35.5. The number of esters is 1. The molecule has 0 radical (unpaired) electrons. The summed E-state index contributed by atoms with van der Waals surface area (Å²) in [7, 11) is 0. The minimum absolute atomic E-state index is 0.112. The molecular formula is C25H27ClO5. The van der Waals surface area contributed by atoms with Crippen LogP contribution in [0.2, 0.25) is 5.02 Å². The van der Waals surface area contributed by atoms with Crippen LogP contribution in [0.3, 0.4) is 0 Å². The average Bonchev–Trinajstić information content (AvgIpc) is 2.72. The molecule has 0 saturated carbocycles. The van der Waals surface area contributed by atoms with Crippen LogP contribution in [0.5, 0.6) is 11.5 Å². The van der Waals surface area contributed by atoms with Crippen molar-refractivity contribution >= 4 is 29.4 Å². The molecule has 0 amide bonds. The Bertz CT molecular complexity index is 966. The number of rotatable bonds is 3. The molecule has 0 bridgehead atoms. The van der Waals surface area contributed by atoms with E-state index in [4.69, 9.17) is 21.1 Å². The Hall–Kier alpha value is -2.79. The van der Waals surface area contributed by atoms with E-state index in [9.17, 15) is 14.7 Å². The summed E-state index contributed by atoms with van der Waals surface area (Å²) in [5.74, 6) is -0.142. The number of carbonyl (C=O) groups excluding carboxylic acids is 2. The number of halogens is 1. The second-order valence-corrected chi connectivity index (χ2v) is 8.14. The Labute approximate surface area is 187 Å². The van der Waals surface area contributed by atoms with Gasteiger partial charge in [0, 0.05) is 29.5 Å². The van der Waals surface area contributed by atoms with Crippen LogP contribution >= 0.6 is 11.6 Å². The monoisotopic (exact) mass is 442 g/mol. The first-order chi connectivity index (χ1) is 14.9. The third kappa shape index (κ3) is 6.59. The van der Waals surface area contributed by atoms with Crippen molar-refractivity contribution in [2.75, 3.05) is 0 Å². The molecule has 0 aromatic heterocycles. The molecule has 6 heteroatoms. The van der Waals surface area contributed by atoms with Crippen LogP contribution in [0.15, 0.2) is 42.5 Å². The largest absolute Gasteiger partial charge is 0.507 e. The van der Waals surface area contributed by atoms with E-state index in [-0.39, 0.29) is 29.8 Å². The van der Waals surface area contributed by atoms with E-state index in [0.29, 0.717) is 48.4 Å². The molecule has 1 heterocycles. The summed E-state index contributed by atoms with van der Waals surface area (Å²) < 4.78 is 11.3. The van der Waals surface area contributed by atoms with Gasteiger partial charge in [-0.25, -0.2) is 4.79 Å². The average molecular weight is 443 g/mol. The molecule has 0 saturated heterocycles. The number of cyclic esters (lactones) is 1. The second-order valence-electron chi connectivity index (χ2n) is 7.73.